The molecule has 0 atom stereocenters. The fourth-order valence-electron chi connectivity index (χ4n) is 2.38. The summed E-state index contributed by atoms with van der Waals surface area (Å²) >= 11 is 0. The molecule has 2 amide bonds. The van der Waals surface area contributed by atoms with E-state index in [2.05, 4.69) is 5.32 Å². The summed E-state index contributed by atoms with van der Waals surface area (Å²) in [6.07, 6.45) is 5.44. The van der Waals surface area contributed by atoms with Crippen molar-refractivity contribution in [1.82, 2.24) is 10.2 Å². The normalized spacial score (nSPS) is 13.8. The second-order valence-corrected chi connectivity index (χ2v) is 5.79. The fourth-order valence-corrected chi connectivity index (χ4v) is 2.38. The molecule has 0 unspecified atom stereocenters. The van der Waals surface area contributed by atoms with Crippen molar-refractivity contribution in [3.63, 3.8) is 0 Å². The van der Waals surface area contributed by atoms with Gasteiger partial charge in [-0.05, 0) is 38.0 Å². The topological polar surface area (TPSA) is 75.7 Å². The molecule has 1 aliphatic carbocycles. The first-order chi connectivity index (χ1) is 11.1. The van der Waals surface area contributed by atoms with Crippen LogP contribution in [0, 0.1) is 6.92 Å². The number of amides is 2. The Balaban J connectivity index is 1.66. The van der Waals surface area contributed by atoms with E-state index >= 15 is 0 Å². The minimum absolute atomic E-state index is 0.0198. The van der Waals surface area contributed by atoms with Crippen molar-refractivity contribution in [3.8, 4) is 0 Å². The summed E-state index contributed by atoms with van der Waals surface area (Å²) in [7, 11) is 0. The van der Waals surface area contributed by atoms with Crippen LogP contribution in [0.4, 0.5) is 0 Å². The maximum Gasteiger partial charge on any atom is 0.257 e. The molecule has 0 aromatic carbocycles. The largest absolute Gasteiger partial charge is 0.469 e. The number of nitrogens with zero attached hydrogens (tertiary/aromatic N) is 1. The molecule has 1 saturated carbocycles. The molecular formula is C17H20N2O4. The Morgan fingerprint density at radius 2 is 2.09 bits per heavy atom. The Hall–Kier alpha value is -2.50. The maximum atomic E-state index is 12.7. The first kappa shape index (κ1) is 15.4. The van der Waals surface area contributed by atoms with Gasteiger partial charge in [-0.3, -0.25) is 9.59 Å². The third kappa shape index (κ3) is 4.03. The average Bonchev–Trinajstić information content (AvgIpc) is 3.00. The van der Waals surface area contributed by atoms with Gasteiger partial charge in [0, 0.05) is 19.0 Å². The monoisotopic (exact) mass is 316 g/mol. The SMILES string of the molecule is Cc1occc1C(=O)N(CCC(=O)NC1CC1)Cc1ccco1. The number of hydrogen-bond donors (Lipinski definition) is 1. The van der Waals surface area contributed by atoms with E-state index < -0.39 is 0 Å². The van der Waals surface area contributed by atoms with Crippen molar-refractivity contribution >= 4 is 11.8 Å². The van der Waals surface area contributed by atoms with Crippen LogP contribution >= 0.6 is 0 Å². The predicted molar refractivity (Wildman–Crippen MR) is 82.7 cm³/mol. The van der Waals surface area contributed by atoms with Crippen LogP contribution in [0.25, 0.3) is 0 Å². The molecule has 0 spiro atoms. The van der Waals surface area contributed by atoms with Gasteiger partial charge < -0.3 is 19.1 Å². The van der Waals surface area contributed by atoms with Gasteiger partial charge in [-0.25, -0.2) is 0 Å². The zero-order chi connectivity index (χ0) is 16.2. The Bertz CT molecular complexity index is 671. The van der Waals surface area contributed by atoms with Crippen LogP contribution in [0.15, 0.2) is 39.6 Å². The van der Waals surface area contributed by atoms with Crippen LogP contribution in [-0.4, -0.2) is 29.3 Å². The number of carbonyl (C=O) groups excluding carboxylic acids is 2. The Morgan fingerprint density at radius 1 is 1.26 bits per heavy atom. The summed E-state index contributed by atoms with van der Waals surface area (Å²) in [6.45, 7) is 2.41. The van der Waals surface area contributed by atoms with Gasteiger partial charge in [0.2, 0.25) is 5.91 Å². The number of aryl methyl sites for hydroxylation is 1. The summed E-state index contributed by atoms with van der Waals surface area (Å²) < 4.78 is 10.5. The number of rotatable bonds is 7. The molecule has 0 bridgehead atoms. The van der Waals surface area contributed by atoms with E-state index in [0.717, 1.165) is 12.8 Å². The van der Waals surface area contributed by atoms with Crippen LogP contribution in [0.3, 0.4) is 0 Å². The fraction of sp³-hybridized carbons (Fsp3) is 0.412. The standard InChI is InChI=1S/C17H20N2O4/c1-12-15(7-10-22-12)17(21)19(11-14-3-2-9-23-14)8-6-16(20)18-13-4-5-13/h2-3,7,9-10,13H,4-6,8,11H2,1H3,(H,18,20). The van der Waals surface area contributed by atoms with Crippen molar-refractivity contribution in [2.24, 2.45) is 0 Å². The summed E-state index contributed by atoms with van der Waals surface area (Å²) in [5.74, 6) is 1.07. The molecule has 6 nitrogen and oxygen atoms in total. The molecule has 0 saturated heterocycles. The van der Waals surface area contributed by atoms with E-state index in [1.807, 2.05) is 6.07 Å². The predicted octanol–water partition coefficient (Wildman–Crippen LogP) is 2.49. The van der Waals surface area contributed by atoms with Gasteiger partial charge in [0.05, 0.1) is 24.6 Å². The molecule has 2 heterocycles. The third-order valence-electron chi connectivity index (χ3n) is 3.85. The highest BCUT2D eigenvalue weighted by molar-refractivity contribution is 5.95. The van der Waals surface area contributed by atoms with Gasteiger partial charge >= 0.3 is 0 Å². The molecule has 2 aromatic rings. The molecule has 23 heavy (non-hydrogen) atoms. The van der Waals surface area contributed by atoms with E-state index in [-0.39, 0.29) is 18.2 Å². The van der Waals surface area contributed by atoms with Crippen molar-refractivity contribution in [2.75, 3.05) is 6.54 Å². The van der Waals surface area contributed by atoms with E-state index in [1.54, 1.807) is 30.2 Å². The highest BCUT2D eigenvalue weighted by Crippen LogP contribution is 2.19. The van der Waals surface area contributed by atoms with Gasteiger partial charge in [-0.2, -0.15) is 0 Å². The van der Waals surface area contributed by atoms with Crippen LogP contribution < -0.4 is 5.32 Å². The average molecular weight is 316 g/mol. The third-order valence-corrected chi connectivity index (χ3v) is 3.85. The van der Waals surface area contributed by atoms with Gasteiger partial charge in [0.15, 0.2) is 0 Å². The van der Waals surface area contributed by atoms with Gasteiger partial charge in [-0.15, -0.1) is 0 Å². The van der Waals surface area contributed by atoms with E-state index in [0.29, 0.717) is 36.2 Å². The molecule has 0 radical (unpaired) electrons. The van der Waals surface area contributed by atoms with Gasteiger partial charge in [0.1, 0.15) is 11.5 Å². The van der Waals surface area contributed by atoms with Crippen LogP contribution in [0.5, 0.6) is 0 Å². The first-order valence-electron chi connectivity index (χ1n) is 7.78. The van der Waals surface area contributed by atoms with Crippen molar-refractivity contribution in [3.05, 3.63) is 47.8 Å². The molecule has 1 N–H and O–H groups in total. The number of carbonyl (C=O) groups is 2. The second-order valence-electron chi connectivity index (χ2n) is 5.79. The molecule has 1 aliphatic rings. The molecule has 2 aromatic heterocycles. The molecular weight excluding hydrogens is 296 g/mol. The highest BCUT2D eigenvalue weighted by Gasteiger charge is 2.25. The highest BCUT2D eigenvalue weighted by atomic mass is 16.3. The van der Waals surface area contributed by atoms with Crippen LogP contribution in [0.1, 0.15) is 41.1 Å². The maximum absolute atomic E-state index is 12.7. The van der Waals surface area contributed by atoms with Crippen molar-refractivity contribution in [1.29, 1.82) is 0 Å². The molecule has 1 fully saturated rings. The Morgan fingerprint density at radius 3 is 2.70 bits per heavy atom. The zero-order valence-electron chi connectivity index (χ0n) is 13.1. The van der Waals surface area contributed by atoms with Gasteiger partial charge in [-0.1, -0.05) is 0 Å². The quantitative estimate of drug-likeness (QED) is 0.851. The lowest BCUT2D eigenvalue weighted by Crippen LogP contribution is -2.35. The Kier molecular flexibility index (Phi) is 4.50. The van der Waals surface area contributed by atoms with Crippen LogP contribution in [-0.2, 0) is 11.3 Å². The van der Waals surface area contributed by atoms with E-state index in [4.69, 9.17) is 8.83 Å². The zero-order valence-corrected chi connectivity index (χ0v) is 13.1. The lowest BCUT2D eigenvalue weighted by atomic mass is 10.2. The molecule has 0 aliphatic heterocycles. The summed E-state index contributed by atoms with van der Waals surface area (Å²) in [4.78, 5) is 26.2. The van der Waals surface area contributed by atoms with E-state index in [1.165, 1.54) is 6.26 Å². The summed E-state index contributed by atoms with van der Waals surface area (Å²) in [6, 6.07) is 5.57. The minimum Gasteiger partial charge on any atom is -0.469 e. The number of hydrogen-bond acceptors (Lipinski definition) is 4. The number of furan rings is 2. The first-order valence-corrected chi connectivity index (χ1v) is 7.78. The Labute approximate surface area is 134 Å². The van der Waals surface area contributed by atoms with Gasteiger partial charge in [0.25, 0.3) is 5.91 Å². The minimum atomic E-state index is -0.160. The molecule has 3 rings (SSSR count). The lowest BCUT2D eigenvalue weighted by molar-refractivity contribution is -0.121. The summed E-state index contributed by atoms with van der Waals surface area (Å²) in [5, 5.41) is 2.93. The van der Waals surface area contributed by atoms with Crippen LogP contribution in [0.2, 0.25) is 0 Å². The smallest absolute Gasteiger partial charge is 0.257 e. The molecule has 6 heteroatoms. The molecule has 122 valence electrons. The van der Waals surface area contributed by atoms with E-state index in [9.17, 15) is 9.59 Å². The lowest BCUT2D eigenvalue weighted by Gasteiger charge is -2.21. The van der Waals surface area contributed by atoms with Crippen molar-refractivity contribution < 1.29 is 18.4 Å². The number of nitrogens with one attached hydrogen (secondary N) is 1. The summed E-state index contributed by atoms with van der Waals surface area (Å²) in [5.41, 5.74) is 0.513. The van der Waals surface area contributed by atoms with Crippen molar-refractivity contribution in [2.45, 2.75) is 38.8 Å². The second kappa shape index (κ2) is 6.73.